The summed E-state index contributed by atoms with van der Waals surface area (Å²) in [6, 6.07) is 0. The molecule has 126 valence electrons. The van der Waals surface area contributed by atoms with E-state index in [0.717, 1.165) is 0 Å². The molecule has 1 heterocycles. The first-order valence-electron chi connectivity index (χ1n) is 6.95. The molecule has 1 N–H and O–H groups in total. The Balaban J connectivity index is 2.66. The fourth-order valence-electron chi connectivity index (χ4n) is 1.82. The van der Waals surface area contributed by atoms with Crippen LogP contribution in [0.25, 0.3) is 0 Å². The molecule has 0 radical (unpaired) electrons. The Kier molecular flexibility index (Phi) is 4.65. The number of ether oxygens (including phenoxy) is 2. The Morgan fingerprint density at radius 3 is 1.82 bits per heavy atom. The lowest BCUT2D eigenvalue weighted by molar-refractivity contribution is -0.318. The predicted octanol–water partition coefficient (Wildman–Crippen LogP) is 0.251. The summed E-state index contributed by atoms with van der Waals surface area (Å²) >= 11 is 0. The Bertz CT molecular complexity index is 469. The molecule has 0 aliphatic carbocycles. The van der Waals surface area contributed by atoms with Crippen molar-refractivity contribution in [1.82, 2.24) is 10.2 Å². The van der Waals surface area contributed by atoms with Crippen LogP contribution in [0.2, 0.25) is 0 Å². The number of hydrogen-bond acceptors (Lipinski definition) is 6. The minimum atomic E-state index is -1.65. The van der Waals surface area contributed by atoms with Crippen LogP contribution in [0.3, 0.4) is 0 Å². The zero-order valence-corrected chi connectivity index (χ0v) is 13.8. The molecule has 0 spiro atoms. The van der Waals surface area contributed by atoms with Crippen LogP contribution in [-0.4, -0.2) is 52.9 Å². The van der Waals surface area contributed by atoms with Crippen molar-refractivity contribution in [3.8, 4) is 0 Å². The maximum absolute atomic E-state index is 11.8. The van der Waals surface area contributed by atoms with Gasteiger partial charge in [0.1, 0.15) is 16.7 Å². The van der Waals surface area contributed by atoms with Crippen molar-refractivity contribution in [2.45, 2.75) is 58.3 Å². The largest absolute Gasteiger partial charge is 0.547 e. The molecule has 22 heavy (non-hydrogen) atoms. The highest BCUT2D eigenvalue weighted by Crippen LogP contribution is 2.24. The zero-order chi connectivity index (χ0) is 17.3. The van der Waals surface area contributed by atoms with Crippen LogP contribution in [0.15, 0.2) is 0 Å². The molecule has 1 rings (SSSR count). The number of amides is 2. The molecule has 1 fully saturated rings. The third-order valence-electron chi connectivity index (χ3n) is 2.70. The number of carbonyl (C=O) groups excluding carboxylic acids is 3. The van der Waals surface area contributed by atoms with Gasteiger partial charge in [0.25, 0.3) is 0 Å². The number of hydrogen-bond donors (Lipinski definition) is 1. The van der Waals surface area contributed by atoms with Gasteiger partial charge in [0.15, 0.2) is 0 Å². The first kappa shape index (κ1) is 18.1. The quantitative estimate of drug-likeness (QED) is 0.782. The second-order valence-corrected chi connectivity index (χ2v) is 7.33. The second kappa shape index (κ2) is 5.66. The molecule has 0 aromatic rings. The number of rotatable bonds is 2. The highest BCUT2D eigenvalue weighted by Gasteiger charge is 2.49. The normalized spacial score (nSPS) is 17.3. The third kappa shape index (κ3) is 4.78. The Labute approximate surface area is 129 Å². The van der Waals surface area contributed by atoms with E-state index in [-0.39, 0.29) is 13.1 Å². The average molecular weight is 315 g/mol. The Morgan fingerprint density at radius 1 is 1.00 bits per heavy atom. The van der Waals surface area contributed by atoms with E-state index in [2.05, 4.69) is 5.32 Å². The molecule has 8 heteroatoms. The van der Waals surface area contributed by atoms with Gasteiger partial charge in [0.2, 0.25) is 0 Å². The standard InChI is InChI=1S/C14H24N2O6/c1-12(2,3)21-10(19)15-14(9(17)18)7-16(8-14)11(20)22-13(4,5)6/h7-8H2,1-6H3,(H,15,19)(H,17,18)/p-1. The minimum Gasteiger partial charge on any atom is -0.547 e. The summed E-state index contributed by atoms with van der Waals surface area (Å²) in [6.07, 6.45) is -1.52. The summed E-state index contributed by atoms with van der Waals surface area (Å²) in [6.45, 7) is 9.62. The molecule has 0 aromatic carbocycles. The highest BCUT2D eigenvalue weighted by molar-refractivity contribution is 5.87. The molecule has 8 nitrogen and oxygen atoms in total. The summed E-state index contributed by atoms with van der Waals surface area (Å²) in [5, 5.41) is 13.6. The summed E-state index contributed by atoms with van der Waals surface area (Å²) in [5.74, 6) is -1.47. The molecule has 0 bridgehead atoms. The number of nitrogens with zero attached hydrogens (tertiary/aromatic N) is 1. The van der Waals surface area contributed by atoms with Crippen LogP contribution >= 0.6 is 0 Å². The number of aliphatic carboxylic acids is 1. The number of carboxylic acids is 1. The lowest BCUT2D eigenvalue weighted by Crippen LogP contribution is -2.78. The summed E-state index contributed by atoms with van der Waals surface area (Å²) in [4.78, 5) is 36.0. The highest BCUT2D eigenvalue weighted by atomic mass is 16.6. The molecule has 1 saturated heterocycles. The van der Waals surface area contributed by atoms with Crippen LogP contribution in [0.1, 0.15) is 41.5 Å². The molecule has 0 atom stereocenters. The van der Waals surface area contributed by atoms with Gasteiger partial charge in [0.05, 0.1) is 19.1 Å². The third-order valence-corrected chi connectivity index (χ3v) is 2.70. The summed E-state index contributed by atoms with van der Waals surface area (Å²) in [5.41, 5.74) is -3.10. The monoisotopic (exact) mass is 315 g/mol. The van der Waals surface area contributed by atoms with Crippen LogP contribution in [0.5, 0.6) is 0 Å². The number of carboxylic acid groups (broad SMARTS) is 1. The number of carbonyl (C=O) groups is 3. The van der Waals surface area contributed by atoms with Gasteiger partial charge >= 0.3 is 12.2 Å². The van der Waals surface area contributed by atoms with Crippen LogP contribution in [-0.2, 0) is 14.3 Å². The maximum atomic E-state index is 11.8. The molecule has 0 saturated carbocycles. The van der Waals surface area contributed by atoms with Gasteiger partial charge in [-0.05, 0) is 41.5 Å². The molecule has 1 aliphatic heterocycles. The molecule has 2 amide bonds. The predicted molar refractivity (Wildman–Crippen MR) is 74.9 cm³/mol. The number of alkyl carbamates (subject to hydrolysis) is 1. The molecule has 0 unspecified atom stereocenters. The van der Waals surface area contributed by atoms with Crippen molar-refractivity contribution in [1.29, 1.82) is 0 Å². The van der Waals surface area contributed by atoms with Crippen molar-refractivity contribution in [3.05, 3.63) is 0 Å². The van der Waals surface area contributed by atoms with Gasteiger partial charge in [0, 0.05) is 0 Å². The minimum absolute atomic E-state index is 0.233. The van der Waals surface area contributed by atoms with E-state index in [1.54, 1.807) is 41.5 Å². The topological polar surface area (TPSA) is 108 Å². The summed E-state index contributed by atoms with van der Waals surface area (Å²) < 4.78 is 10.1. The van der Waals surface area contributed by atoms with E-state index in [1.165, 1.54) is 4.90 Å². The smallest absolute Gasteiger partial charge is 0.410 e. The van der Waals surface area contributed by atoms with Gasteiger partial charge in [-0.2, -0.15) is 0 Å². The molecule has 1 aliphatic rings. The number of nitrogens with one attached hydrogen (secondary N) is 1. The van der Waals surface area contributed by atoms with Crippen LogP contribution in [0.4, 0.5) is 9.59 Å². The number of likely N-dealkylation sites (tertiary alicyclic amines) is 1. The van der Waals surface area contributed by atoms with E-state index >= 15 is 0 Å². The average Bonchev–Trinajstić information content (AvgIpc) is 2.16. The fraction of sp³-hybridized carbons (Fsp3) is 0.786. The van der Waals surface area contributed by atoms with Crippen molar-refractivity contribution >= 4 is 18.2 Å². The van der Waals surface area contributed by atoms with E-state index in [4.69, 9.17) is 9.47 Å². The fourth-order valence-corrected chi connectivity index (χ4v) is 1.82. The van der Waals surface area contributed by atoms with Gasteiger partial charge in [-0.15, -0.1) is 0 Å². The summed E-state index contributed by atoms with van der Waals surface area (Å²) in [7, 11) is 0. The van der Waals surface area contributed by atoms with Crippen molar-refractivity contribution in [3.63, 3.8) is 0 Å². The Hall–Kier alpha value is -1.99. The van der Waals surface area contributed by atoms with Crippen molar-refractivity contribution in [2.24, 2.45) is 0 Å². The van der Waals surface area contributed by atoms with Gasteiger partial charge in [-0.25, -0.2) is 9.59 Å². The van der Waals surface area contributed by atoms with Crippen LogP contribution in [0, 0.1) is 0 Å². The van der Waals surface area contributed by atoms with E-state index in [1.807, 2.05) is 0 Å². The second-order valence-electron chi connectivity index (χ2n) is 7.33. The van der Waals surface area contributed by atoms with Gasteiger partial charge in [-0.1, -0.05) is 0 Å². The van der Waals surface area contributed by atoms with E-state index in [0.29, 0.717) is 0 Å². The first-order chi connectivity index (χ1) is 9.74. The van der Waals surface area contributed by atoms with Crippen LogP contribution < -0.4 is 10.4 Å². The maximum Gasteiger partial charge on any atom is 0.410 e. The lowest BCUT2D eigenvalue weighted by Gasteiger charge is -2.50. The lowest BCUT2D eigenvalue weighted by atomic mass is 9.90. The van der Waals surface area contributed by atoms with E-state index < -0.39 is 34.9 Å². The van der Waals surface area contributed by atoms with Gasteiger partial charge < -0.3 is 29.6 Å². The van der Waals surface area contributed by atoms with Gasteiger partial charge in [-0.3, -0.25) is 0 Å². The molecular weight excluding hydrogens is 292 g/mol. The SMILES string of the molecule is CC(C)(C)OC(=O)NC1(C(=O)[O-])CN(C(=O)OC(C)(C)C)C1. The van der Waals surface area contributed by atoms with Crippen molar-refractivity contribution in [2.75, 3.05) is 13.1 Å². The Morgan fingerprint density at radius 2 is 1.45 bits per heavy atom. The molecule has 0 aromatic heterocycles. The molecular formula is C14H23N2O6-. The van der Waals surface area contributed by atoms with E-state index in [9.17, 15) is 19.5 Å². The zero-order valence-electron chi connectivity index (χ0n) is 13.8. The first-order valence-corrected chi connectivity index (χ1v) is 6.95. The van der Waals surface area contributed by atoms with Crippen molar-refractivity contribution < 1.29 is 29.0 Å².